The number of carboxylic acids is 1. The van der Waals surface area contributed by atoms with Crippen LogP contribution in [0.5, 0.6) is 0 Å². The Morgan fingerprint density at radius 1 is 1.07 bits per heavy atom. The Hall–Kier alpha value is -1.36. The first-order valence-electron chi connectivity index (χ1n) is 14.8. The summed E-state index contributed by atoms with van der Waals surface area (Å²) in [7, 11) is 0. The van der Waals surface area contributed by atoms with Gasteiger partial charge in [0.1, 0.15) is 6.04 Å². The van der Waals surface area contributed by atoms with Crippen LogP contribution in [0.3, 0.4) is 0 Å². The fourth-order valence-corrected chi connectivity index (χ4v) is 6.99. The third kappa shape index (κ3) is 12.0. The third-order valence-electron chi connectivity index (χ3n) is 7.73. The number of amides is 1. The van der Waals surface area contributed by atoms with Crippen molar-refractivity contribution in [3.05, 3.63) is 59.2 Å². The van der Waals surface area contributed by atoms with E-state index in [1.165, 1.54) is 50.7 Å². The van der Waals surface area contributed by atoms with E-state index in [9.17, 15) is 14.7 Å². The summed E-state index contributed by atoms with van der Waals surface area (Å²) < 4.78 is 6.57. The zero-order valence-electron chi connectivity index (χ0n) is 24.5. The number of aliphatic carboxylic acids is 1. The molecule has 0 heterocycles. The molecule has 0 saturated heterocycles. The first-order valence-corrected chi connectivity index (χ1v) is 17.4. The number of unbranched alkanes of at least 4 members (excludes halogenated alkanes) is 1. The molecule has 2 aromatic carbocycles. The minimum absolute atomic E-state index is 0. The van der Waals surface area contributed by atoms with Crippen LogP contribution in [0.2, 0.25) is 0 Å². The topological polar surface area (TPSA) is 75.6 Å². The number of ether oxygens (including phenoxy) is 1. The van der Waals surface area contributed by atoms with Crippen molar-refractivity contribution in [2.75, 3.05) is 23.5 Å². The molecule has 2 aromatic rings. The van der Waals surface area contributed by atoms with E-state index in [-0.39, 0.29) is 30.9 Å². The number of carbonyl (C=O) groups excluding carboxylic acids is 1. The van der Waals surface area contributed by atoms with Crippen LogP contribution in [-0.2, 0) is 16.1 Å². The monoisotopic (exact) mass is 593 g/mol. The van der Waals surface area contributed by atoms with Gasteiger partial charge in [-0.15, -0.1) is 0 Å². The second kappa shape index (κ2) is 19.8. The maximum absolute atomic E-state index is 13.4. The van der Waals surface area contributed by atoms with E-state index in [1.54, 1.807) is 11.8 Å². The molecule has 3 rings (SSSR count). The molecule has 0 spiro atoms. The van der Waals surface area contributed by atoms with Crippen molar-refractivity contribution in [3.8, 4) is 11.1 Å². The van der Waals surface area contributed by atoms with Gasteiger partial charge in [-0.05, 0) is 84.3 Å². The molecule has 1 aliphatic rings. The van der Waals surface area contributed by atoms with E-state index in [0.29, 0.717) is 24.3 Å². The normalized spacial score (nSPS) is 15.1. The summed E-state index contributed by atoms with van der Waals surface area (Å²) in [6.07, 6.45) is 12.8. The third-order valence-corrected chi connectivity index (χ3v) is 9.56. The molecule has 5 nitrogen and oxygen atoms in total. The van der Waals surface area contributed by atoms with Gasteiger partial charge in [0.25, 0.3) is 5.91 Å². The van der Waals surface area contributed by atoms with Gasteiger partial charge in [-0.25, -0.2) is 4.79 Å². The number of benzene rings is 2. The molecule has 222 valence electrons. The molecule has 0 bridgehead atoms. The van der Waals surface area contributed by atoms with E-state index in [0.717, 1.165) is 40.3 Å². The summed E-state index contributed by atoms with van der Waals surface area (Å²) in [6.45, 7) is 4.77. The number of carboxylic acid groups (broad SMARTS) is 1. The molecule has 2 atom stereocenters. The maximum atomic E-state index is 13.4. The number of nitrogens with one attached hydrogen (secondary N) is 1. The van der Waals surface area contributed by atoms with Gasteiger partial charge in [-0.1, -0.05) is 75.8 Å². The average Bonchev–Trinajstić information content (AvgIpc) is 2.96. The number of hydrogen-bond acceptors (Lipinski definition) is 5. The standard InChI is InChI=1S/C33H47NO4S2.Li.H/c1-4-5-18-40-23-27(20-25-12-7-6-8-13-25)38-22-26-15-16-29(30(21-26)28-14-10-9-11-24(28)2)32(35)34-31(33(36)37)17-19-39-3;;/h9-11,14-16,21,25,27,31H,4-8,12-13,17-20,22-23H2,1-3H3,(H,34,35)(H,36,37);;/t27?,31-;;/m0../s1. The van der Waals surface area contributed by atoms with Gasteiger partial charge in [0.2, 0.25) is 0 Å². The van der Waals surface area contributed by atoms with Crippen LogP contribution >= 0.6 is 23.5 Å². The van der Waals surface area contributed by atoms with Gasteiger partial charge >= 0.3 is 24.8 Å². The molecule has 41 heavy (non-hydrogen) atoms. The molecule has 0 aliphatic heterocycles. The predicted octanol–water partition coefficient (Wildman–Crippen LogP) is 7.34. The summed E-state index contributed by atoms with van der Waals surface area (Å²) >= 11 is 3.57. The number of aryl methyl sites for hydroxylation is 1. The number of carbonyl (C=O) groups is 2. The van der Waals surface area contributed by atoms with E-state index in [1.807, 2.05) is 61.3 Å². The fraction of sp³-hybridized carbons (Fsp3) is 0.576. The van der Waals surface area contributed by atoms with Gasteiger partial charge in [0, 0.05) is 11.3 Å². The van der Waals surface area contributed by atoms with Crippen molar-refractivity contribution in [1.82, 2.24) is 5.32 Å². The van der Waals surface area contributed by atoms with Crippen molar-refractivity contribution in [3.63, 3.8) is 0 Å². The van der Waals surface area contributed by atoms with Gasteiger partial charge in [0.05, 0.1) is 12.7 Å². The molecule has 1 saturated carbocycles. The Morgan fingerprint density at radius 3 is 2.51 bits per heavy atom. The zero-order valence-corrected chi connectivity index (χ0v) is 26.1. The molecule has 1 unspecified atom stereocenters. The number of rotatable bonds is 17. The second-order valence-electron chi connectivity index (χ2n) is 10.9. The van der Waals surface area contributed by atoms with Gasteiger partial charge in [-0.2, -0.15) is 23.5 Å². The molecule has 1 aliphatic carbocycles. The van der Waals surface area contributed by atoms with Crippen molar-refractivity contribution in [2.45, 2.75) is 90.4 Å². The predicted molar refractivity (Wildman–Crippen MR) is 178 cm³/mol. The minimum atomic E-state index is -1.01. The summed E-state index contributed by atoms with van der Waals surface area (Å²) in [5.41, 5.74) is 4.36. The number of thioether (sulfide) groups is 2. The van der Waals surface area contributed by atoms with E-state index >= 15 is 0 Å². The van der Waals surface area contributed by atoms with Crippen LogP contribution in [0, 0.1) is 12.8 Å². The fourth-order valence-electron chi connectivity index (χ4n) is 5.36. The Balaban J connectivity index is 0.00000588. The van der Waals surface area contributed by atoms with Crippen LogP contribution in [0.15, 0.2) is 42.5 Å². The van der Waals surface area contributed by atoms with Gasteiger partial charge in [-0.3, -0.25) is 4.79 Å². The number of hydrogen-bond donors (Lipinski definition) is 2. The van der Waals surface area contributed by atoms with Gasteiger partial charge < -0.3 is 15.2 Å². The Bertz CT molecular complexity index is 1080. The van der Waals surface area contributed by atoms with Crippen LogP contribution in [0.25, 0.3) is 11.1 Å². The molecular weight excluding hydrogens is 545 g/mol. The summed E-state index contributed by atoms with van der Waals surface area (Å²) in [6, 6.07) is 12.9. The molecular formula is C33H48LiNO4S2. The molecule has 0 aromatic heterocycles. The van der Waals surface area contributed by atoms with Crippen LogP contribution in [-0.4, -0.2) is 71.5 Å². The van der Waals surface area contributed by atoms with Crippen LogP contribution < -0.4 is 5.32 Å². The molecule has 8 heteroatoms. The van der Waals surface area contributed by atoms with E-state index in [2.05, 4.69) is 18.3 Å². The van der Waals surface area contributed by atoms with Crippen molar-refractivity contribution < 1.29 is 19.4 Å². The van der Waals surface area contributed by atoms with E-state index < -0.39 is 12.0 Å². The average molecular weight is 594 g/mol. The summed E-state index contributed by atoms with van der Waals surface area (Å²) in [4.78, 5) is 25.2. The Morgan fingerprint density at radius 2 is 1.83 bits per heavy atom. The first-order chi connectivity index (χ1) is 19.4. The van der Waals surface area contributed by atoms with Gasteiger partial charge in [0.15, 0.2) is 0 Å². The molecule has 1 amide bonds. The molecule has 2 N–H and O–H groups in total. The van der Waals surface area contributed by atoms with Crippen LogP contribution in [0.4, 0.5) is 0 Å². The Labute approximate surface area is 267 Å². The molecule has 0 radical (unpaired) electrons. The second-order valence-corrected chi connectivity index (χ2v) is 13.1. The van der Waals surface area contributed by atoms with Crippen LogP contribution in [0.1, 0.15) is 86.2 Å². The summed E-state index contributed by atoms with van der Waals surface area (Å²) in [5, 5.41) is 12.4. The van der Waals surface area contributed by atoms with Crippen molar-refractivity contribution in [1.29, 1.82) is 0 Å². The van der Waals surface area contributed by atoms with Crippen molar-refractivity contribution >= 4 is 54.3 Å². The first kappa shape index (κ1) is 35.8. The Kier molecular flexibility index (Phi) is 17.3. The molecule has 1 fully saturated rings. The SMILES string of the molecule is CCCCSCC(CC1CCCCC1)OCc1ccc(C(=O)N[C@@H](CCSC)C(=O)O)c(-c2ccccc2C)c1.[LiH]. The van der Waals surface area contributed by atoms with Crippen molar-refractivity contribution in [2.24, 2.45) is 5.92 Å². The quantitative estimate of drug-likeness (QED) is 0.148. The zero-order chi connectivity index (χ0) is 28.7. The van der Waals surface area contributed by atoms with E-state index in [4.69, 9.17) is 4.74 Å². The summed E-state index contributed by atoms with van der Waals surface area (Å²) in [5.74, 6) is 2.25.